The minimum absolute atomic E-state index is 0.352. The predicted molar refractivity (Wildman–Crippen MR) is 114 cm³/mol. The zero-order chi connectivity index (χ0) is 21.4. The summed E-state index contributed by atoms with van der Waals surface area (Å²) in [5, 5.41) is 5.27. The van der Waals surface area contributed by atoms with Gasteiger partial charge in [-0.05, 0) is 68.1 Å². The summed E-state index contributed by atoms with van der Waals surface area (Å²) in [6.07, 6.45) is 2.18. The Kier molecular flexibility index (Phi) is 7.54. The summed E-state index contributed by atoms with van der Waals surface area (Å²) in [7, 11) is 0. The van der Waals surface area contributed by atoms with Crippen LogP contribution in [0.1, 0.15) is 30.5 Å². The van der Waals surface area contributed by atoms with Crippen molar-refractivity contribution in [1.82, 2.24) is 10.9 Å². The van der Waals surface area contributed by atoms with E-state index in [1.165, 1.54) is 6.08 Å². The average molecular weight is 394 g/mol. The number of hydrogen-bond acceptors (Lipinski definition) is 4. The fourth-order valence-electron chi connectivity index (χ4n) is 2.68. The largest absolute Gasteiger partial charge is 0.327 e. The third-order valence-electron chi connectivity index (χ3n) is 4.04. The summed E-state index contributed by atoms with van der Waals surface area (Å²) in [4.78, 5) is 36.0. The van der Waals surface area contributed by atoms with E-state index in [9.17, 15) is 14.4 Å². The van der Waals surface area contributed by atoms with Crippen LogP contribution in [-0.4, -0.2) is 17.7 Å². The topological polar surface area (TPSA) is 99.3 Å². The maximum absolute atomic E-state index is 12.1. The number of aryl methyl sites for hydroxylation is 3. The number of nitrogens with one attached hydrogen (secondary N) is 4. The van der Waals surface area contributed by atoms with Gasteiger partial charge in [-0.1, -0.05) is 25.1 Å². The van der Waals surface area contributed by atoms with Gasteiger partial charge >= 0.3 is 11.8 Å². The third-order valence-corrected chi connectivity index (χ3v) is 4.04. The van der Waals surface area contributed by atoms with Crippen LogP contribution < -0.4 is 21.5 Å². The molecule has 0 radical (unpaired) electrons. The summed E-state index contributed by atoms with van der Waals surface area (Å²) < 4.78 is 0. The molecule has 0 aliphatic heterocycles. The molecule has 7 nitrogen and oxygen atoms in total. The monoisotopic (exact) mass is 394 g/mol. The van der Waals surface area contributed by atoms with Crippen molar-refractivity contribution in [2.45, 2.75) is 34.1 Å². The van der Waals surface area contributed by atoms with E-state index in [1.54, 1.807) is 19.1 Å². The minimum Gasteiger partial charge on any atom is -0.322 e. The number of rotatable bonds is 6. The predicted octanol–water partition coefficient (Wildman–Crippen LogP) is 2.97. The summed E-state index contributed by atoms with van der Waals surface area (Å²) in [6, 6.07) is 13.0. The lowest BCUT2D eigenvalue weighted by molar-refractivity contribution is -0.136. The third kappa shape index (κ3) is 7.14. The van der Waals surface area contributed by atoms with Crippen molar-refractivity contribution in [3.05, 3.63) is 70.9 Å². The van der Waals surface area contributed by atoms with E-state index in [0.29, 0.717) is 17.1 Å². The first-order valence-corrected chi connectivity index (χ1v) is 9.30. The smallest absolute Gasteiger partial charge is 0.322 e. The molecule has 2 rings (SSSR count). The highest BCUT2D eigenvalue weighted by Gasteiger charge is 2.13. The number of benzene rings is 2. The Morgan fingerprint density at radius 1 is 0.828 bits per heavy atom. The van der Waals surface area contributed by atoms with Gasteiger partial charge < -0.3 is 16.1 Å². The van der Waals surface area contributed by atoms with Gasteiger partial charge in [-0.2, -0.15) is 0 Å². The minimum atomic E-state index is -0.868. The number of allylic oxidation sites excluding steroid dienone is 1. The Labute approximate surface area is 170 Å². The second-order valence-electron chi connectivity index (χ2n) is 6.78. The van der Waals surface area contributed by atoms with Gasteiger partial charge in [0.25, 0.3) is 0 Å². The van der Waals surface area contributed by atoms with Crippen molar-refractivity contribution in [3.8, 4) is 0 Å². The fraction of sp³-hybridized carbons (Fsp3) is 0.227. The molecule has 0 atom stereocenters. The maximum atomic E-state index is 12.1. The SMILES string of the molecule is CCc1ccc(NC(=O)C(=O)NNC(C)=CC(=O)Nc2cc(C)cc(C)c2)cc1. The molecule has 7 heteroatoms. The lowest BCUT2D eigenvalue weighted by Crippen LogP contribution is -2.43. The van der Waals surface area contributed by atoms with Crippen LogP contribution in [0.3, 0.4) is 0 Å². The quantitative estimate of drug-likeness (QED) is 0.344. The van der Waals surface area contributed by atoms with E-state index in [-0.39, 0.29) is 5.91 Å². The van der Waals surface area contributed by atoms with E-state index in [2.05, 4.69) is 21.5 Å². The van der Waals surface area contributed by atoms with Crippen LogP contribution in [0.5, 0.6) is 0 Å². The molecule has 29 heavy (non-hydrogen) atoms. The highest BCUT2D eigenvalue weighted by molar-refractivity contribution is 6.39. The molecule has 0 spiro atoms. The highest BCUT2D eigenvalue weighted by Crippen LogP contribution is 2.13. The van der Waals surface area contributed by atoms with Gasteiger partial charge in [0.05, 0.1) is 0 Å². The zero-order valence-corrected chi connectivity index (χ0v) is 17.1. The molecule has 4 N–H and O–H groups in total. The van der Waals surface area contributed by atoms with Gasteiger partial charge in [-0.15, -0.1) is 0 Å². The van der Waals surface area contributed by atoms with E-state index >= 15 is 0 Å². The first kappa shape index (κ1) is 21.7. The van der Waals surface area contributed by atoms with Crippen LogP contribution >= 0.6 is 0 Å². The molecule has 0 heterocycles. The standard InChI is InChI=1S/C22H26N4O3/c1-5-17-6-8-18(9-7-17)24-21(28)22(29)26-25-16(4)13-20(27)23-19-11-14(2)10-15(3)12-19/h6-13,25H,5H2,1-4H3,(H,23,27)(H,24,28)(H,26,29). The molecule has 3 amide bonds. The van der Waals surface area contributed by atoms with Crippen molar-refractivity contribution >= 4 is 29.1 Å². The number of carbonyl (C=O) groups excluding carboxylic acids is 3. The molecule has 0 aliphatic rings. The number of anilines is 2. The molecule has 0 aromatic heterocycles. The molecule has 0 saturated heterocycles. The van der Waals surface area contributed by atoms with Crippen molar-refractivity contribution < 1.29 is 14.4 Å². The second-order valence-corrected chi connectivity index (χ2v) is 6.78. The van der Waals surface area contributed by atoms with Crippen molar-refractivity contribution in [2.24, 2.45) is 0 Å². The molecule has 0 unspecified atom stereocenters. The number of hydrazine groups is 1. The van der Waals surface area contributed by atoms with Gasteiger partial charge in [0.15, 0.2) is 0 Å². The Hall–Kier alpha value is -3.61. The summed E-state index contributed by atoms with van der Waals surface area (Å²) in [5.74, 6) is -2.03. The van der Waals surface area contributed by atoms with Crippen LogP contribution in [-0.2, 0) is 20.8 Å². The Morgan fingerprint density at radius 2 is 1.45 bits per heavy atom. The molecule has 0 saturated carbocycles. The summed E-state index contributed by atoms with van der Waals surface area (Å²) in [6.45, 7) is 7.53. The van der Waals surface area contributed by atoms with E-state index < -0.39 is 11.8 Å². The normalized spacial score (nSPS) is 10.8. The molecular formula is C22H26N4O3. The molecule has 2 aromatic carbocycles. The first-order valence-electron chi connectivity index (χ1n) is 9.30. The van der Waals surface area contributed by atoms with Crippen LogP contribution in [0.15, 0.2) is 54.2 Å². The van der Waals surface area contributed by atoms with Crippen LogP contribution in [0.2, 0.25) is 0 Å². The van der Waals surface area contributed by atoms with E-state index in [0.717, 1.165) is 23.1 Å². The molecule has 152 valence electrons. The van der Waals surface area contributed by atoms with Crippen molar-refractivity contribution in [3.63, 3.8) is 0 Å². The number of carbonyl (C=O) groups is 3. The van der Waals surface area contributed by atoms with Crippen LogP contribution in [0.4, 0.5) is 11.4 Å². The van der Waals surface area contributed by atoms with Gasteiger partial charge in [-0.25, -0.2) is 0 Å². The summed E-state index contributed by atoms with van der Waals surface area (Å²) in [5.41, 5.74) is 9.62. The molecular weight excluding hydrogens is 368 g/mol. The van der Waals surface area contributed by atoms with Gasteiger partial charge in [0.2, 0.25) is 5.91 Å². The number of hydrogen-bond donors (Lipinski definition) is 4. The lowest BCUT2D eigenvalue weighted by atomic mass is 10.1. The molecule has 2 aromatic rings. The van der Waals surface area contributed by atoms with Crippen molar-refractivity contribution in [1.29, 1.82) is 0 Å². The Balaban J connectivity index is 1.84. The van der Waals surface area contributed by atoms with Crippen molar-refractivity contribution in [2.75, 3.05) is 10.6 Å². The van der Waals surface area contributed by atoms with Crippen LogP contribution in [0, 0.1) is 13.8 Å². The van der Waals surface area contributed by atoms with Gasteiger partial charge in [0.1, 0.15) is 0 Å². The van der Waals surface area contributed by atoms with E-state index in [4.69, 9.17) is 0 Å². The lowest BCUT2D eigenvalue weighted by Gasteiger charge is -2.10. The maximum Gasteiger partial charge on any atom is 0.327 e. The molecule has 0 aliphatic carbocycles. The van der Waals surface area contributed by atoms with Gasteiger partial charge in [0, 0.05) is 23.1 Å². The molecule has 0 bridgehead atoms. The van der Waals surface area contributed by atoms with Gasteiger partial charge in [-0.3, -0.25) is 19.8 Å². The van der Waals surface area contributed by atoms with Crippen LogP contribution in [0.25, 0.3) is 0 Å². The molecule has 0 fully saturated rings. The number of amides is 3. The average Bonchev–Trinajstić information content (AvgIpc) is 2.65. The Bertz CT molecular complexity index is 913. The Morgan fingerprint density at radius 3 is 2.03 bits per heavy atom. The highest BCUT2D eigenvalue weighted by atomic mass is 16.2. The first-order chi connectivity index (χ1) is 13.8. The zero-order valence-electron chi connectivity index (χ0n) is 17.1. The van der Waals surface area contributed by atoms with E-state index in [1.807, 2.05) is 51.1 Å². The fourth-order valence-corrected chi connectivity index (χ4v) is 2.68. The second kappa shape index (κ2) is 10.1. The summed E-state index contributed by atoms with van der Waals surface area (Å²) >= 11 is 0.